The minimum Gasteiger partial charge on any atom is -0.420 e. The lowest BCUT2D eigenvalue weighted by atomic mass is 10.1. The lowest BCUT2D eigenvalue weighted by Gasteiger charge is -2.08. The second kappa shape index (κ2) is 8.58. The van der Waals surface area contributed by atoms with E-state index in [2.05, 4.69) is 11.9 Å². The Morgan fingerprint density at radius 1 is 1.00 bits per heavy atom. The predicted octanol–water partition coefficient (Wildman–Crippen LogP) is 5.62. The molecule has 1 aromatic heterocycles. The number of benzene rings is 2. The first kappa shape index (κ1) is 18.8. The summed E-state index contributed by atoms with van der Waals surface area (Å²) in [5.41, 5.74) is 4.17. The van der Waals surface area contributed by atoms with Crippen molar-refractivity contribution in [3.63, 3.8) is 0 Å². The number of rotatable bonds is 6. The summed E-state index contributed by atoms with van der Waals surface area (Å²) in [6, 6.07) is 15.6. The molecule has 1 heterocycles. The Morgan fingerprint density at radius 3 is 2.33 bits per heavy atom. The van der Waals surface area contributed by atoms with Crippen molar-refractivity contribution in [2.24, 2.45) is 0 Å². The van der Waals surface area contributed by atoms with Gasteiger partial charge in [-0.2, -0.15) is 0 Å². The Labute approximate surface area is 158 Å². The number of hydrogen-bond donors (Lipinski definition) is 0. The zero-order chi connectivity index (χ0) is 19.2. The van der Waals surface area contributed by atoms with E-state index in [0.717, 1.165) is 36.1 Å². The molecule has 2 aromatic carbocycles. The van der Waals surface area contributed by atoms with Gasteiger partial charge in [-0.3, -0.25) is 4.98 Å². The van der Waals surface area contributed by atoms with E-state index in [4.69, 9.17) is 4.74 Å². The molecule has 4 heteroatoms. The van der Waals surface area contributed by atoms with Gasteiger partial charge in [0.15, 0.2) is 11.6 Å². The summed E-state index contributed by atoms with van der Waals surface area (Å²) < 4.78 is 19.3. The van der Waals surface area contributed by atoms with Gasteiger partial charge in [-0.1, -0.05) is 44.5 Å². The maximum Gasteiger partial charge on any atom is 0.343 e. The monoisotopic (exact) mass is 363 g/mol. The van der Waals surface area contributed by atoms with Gasteiger partial charge in [-0.05, 0) is 54.3 Å². The number of halogens is 1. The number of carbonyl (C=O) groups is 1. The normalized spacial score (nSPS) is 10.6. The molecular weight excluding hydrogens is 341 g/mol. The van der Waals surface area contributed by atoms with E-state index in [0.29, 0.717) is 5.56 Å². The number of aryl methyl sites for hydroxylation is 2. The van der Waals surface area contributed by atoms with Crippen LogP contribution < -0.4 is 4.74 Å². The van der Waals surface area contributed by atoms with Crippen LogP contribution in [0.4, 0.5) is 4.39 Å². The van der Waals surface area contributed by atoms with E-state index in [1.54, 1.807) is 18.2 Å². The second-order valence-corrected chi connectivity index (χ2v) is 6.39. The summed E-state index contributed by atoms with van der Waals surface area (Å²) in [6.45, 7) is 4.11. The first-order valence-electron chi connectivity index (χ1n) is 9.16. The van der Waals surface area contributed by atoms with E-state index in [1.807, 2.05) is 37.4 Å². The molecule has 0 unspecified atom stereocenters. The number of nitrogens with zero attached hydrogens (tertiary/aromatic N) is 1. The van der Waals surface area contributed by atoms with Crippen LogP contribution in [0.2, 0.25) is 0 Å². The molecule has 0 atom stereocenters. The molecule has 27 heavy (non-hydrogen) atoms. The minimum atomic E-state index is -0.585. The highest BCUT2D eigenvalue weighted by Gasteiger charge is 2.13. The molecule has 0 aliphatic heterocycles. The van der Waals surface area contributed by atoms with Gasteiger partial charge >= 0.3 is 5.97 Å². The quantitative estimate of drug-likeness (QED) is 0.421. The SMILES string of the molecule is CCCc1ccc(OC(=O)c2ccc(-c3ccc(CC)cn3)cc2)c(F)c1. The Kier molecular flexibility index (Phi) is 5.97. The largest absolute Gasteiger partial charge is 0.420 e. The van der Waals surface area contributed by atoms with E-state index in [9.17, 15) is 9.18 Å². The number of aromatic nitrogens is 1. The van der Waals surface area contributed by atoms with Crippen molar-refractivity contribution < 1.29 is 13.9 Å². The van der Waals surface area contributed by atoms with E-state index < -0.39 is 11.8 Å². The van der Waals surface area contributed by atoms with Crippen LogP contribution >= 0.6 is 0 Å². The first-order valence-corrected chi connectivity index (χ1v) is 9.16. The second-order valence-electron chi connectivity index (χ2n) is 6.39. The average molecular weight is 363 g/mol. The zero-order valence-corrected chi connectivity index (χ0v) is 15.5. The fourth-order valence-electron chi connectivity index (χ4n) is 2.81. The molecule has 0 saturated heterocycles. The number of ether oxygens (including phenoxy) is 1. The minimum absolute atomic E-state index is 0.0549. The summed E-state index contributed by atoms with van der Waals surface area (Å²) >= 11 is 0. The lowest BCUT2D eigenvalue weighted by molar-refractivity contribution is 0.0728. The van der Waals surface area contributed by atoms with Crippen LogP contribution in [0, 0.1) is 5.82 Å². The Morgan fingerprint density at radius 2 is 1.74 bits per heavy atom. The molecule has 0 radical (unpaired) electrons. The molecule has 0 fully saturated rings. The fraction of sp³-hybridized carbons (Fsp3) is 0.217. The van der Waals surface area contributed by atoms with Crippen LogP contribution in [0.15, 0.2) is 60.8 Å². The third-order valence-electron chi connectivity index (χ3n) is 4.39. The van der Waals surface area contributed by atoms with Gasteiger partial charge < -0.3 is 4.74 Å². The summed E-state index contributed by atoms with van der Waals surface area (Å²) in [7, 11) is 0. The van der Waals surface area contributed by atoms with Gasteiger partial charge in [0.25, 0.3) is 0 Å². The third kappa shape index (κ3) is 4.59. The highest BCUT2D eigenvalue weighted by molar-refractivity contribution is 5.91. The Bertz CT molecular complexity index is 918. The smallest absolute Gasteiger partial charge is 0.343 e. The summed E-state index contributed by atoms with van der Waals surface area (Å²) in [6.07, 6.45) is 4.51. The molecule has 0 aliphatic rings. The van der Waals surface area contributed by atoms with Crippen molar-refractivity contribution in [3.8, 4) is 17.0 Å². The van der Waals surface area contributed by atoms with Crippen LogP contribution in [0.25, 0.3) is 11.3 Å². The first-order chi connectivity index (χ1) is 13.1. The van der Waals surface area contributed by atoms with Crippen LogP contribution in [-0.2, 0) is 12.8 Å². The van der Waals surface area contributed by atoms with Crippen LogP contribution in [0.3, 0.4) is 0 Å². The predicted molar refractivity (Wildman–Crippen MR) is 104 cm³/mol. The van der Waals surface area contributed by atoms with Gasteiger partial charge in [-0.25, -0.2) is 9.18 Å². The van der Waals surface area contributed by atoms with Crippen molar-refractivity contribution in [3.05, 3.63) is 83.3 Å². The number of hydrogen-bond acceptors (Lipinski definition) is 3. The summed E-state index contributed by atoms with van der Waals surface area (Å²) in [4.78, 5) is 16.7. The molecule has 0 amide bonds. The Hall–Kier alpha value is -3.01. The van der Waals surface area contributed by atoms with E-state index in [-0.39, 0.29) is 5.75 Å². The highest BCUT2D eigenvalue weighted by atomic mass is 19.1. The number of carbonyl (C=O) groups excluding carboxylic acids is 1. The van der Waals surface area contributed by atoms with E-state index in [1.165, 1.54) is 17.7 Å². The molecular formula is C23H22FNO2. The van der Waals surface area contributed by atoms with Crippen molar-refractivity contribution in [2.75, 3.05) is 0 Å². The molecule has 0 bridgehead atoms. The molecule has 3 aromatic rings. The van der Waals surface area contributed by atoms with Crippen molar-refractivity contribution in [1.82, 2.24) is 4.98 Å². The van der Waals surface area contributed by atoms with Gasteiger partial charge in [0.05, 0.1) is 11.3 Å². The summed E-state index contributed by atoms with van der Waals surface area (Å²) in [5, 5.41) is 0. The topological polar surface area (TPSA) is 39.2 Å². The molecule has 0 aliphatic carbocycles. The molecule has 0 saturated carbocycles. The van der Waals surface area contributed by atoms with Crippen molar-refractivity contribution >= 4 is 5.97 Å². The van der Waals surface area contributed by atoms with E-state index >= 15 is 0 Å². The standard InChI is InChI=1S/C23H22FNO2/c1-3-5-17-7-13-22(20(24)14-17)27-23(26)19-10-8-18(9-11-19)21-12-6-16(4-2)15-25-21/h6-15H,3-5H2,1-2H3. The highest BCUT2D eigenvalue weighted by Crippen LogP contribution is 2.22. The van der Waals surface area contributed by atoms with Crippen LogP contribution in [0.1, 0.15) is 41.8 Å². The van der Waals surface area contributed by atoms with Crippen molar-refractivity contribution in [2.45, 2.75) is 33.1 Å². The number of esters is 1. The van der Waals surface area contributed by atoms with Gasteiger partial charge in [-0.15, -0.1) is 0 Å². The number of pyridine rings is 1. The zero-order valence-electron chi connectivity index (χ0n) is 15.5. The van der Waals surface area contributed by atoms with Crippen LogP contribution in [0.5, 0.6) is 5.75 Å². The maximum atomic E-state index is 14.1. The molecule has 0 spiro atoms. The molecule has 3 rings (SSSR count). The molecule has 3 nitrogen and oxygen atoms in total. The molecule has 0 N–H and O–H groups in total. The third-order valence-corrected chi connectivity index (χ3v) is 4.39. The van der Waals surface area contributed by atoms with Gasteiger partial charge in [0.2, 0.25) is 0 Å². The Balaban J connectivity index is 1.72. The average Bonchev–Trinajstić information content (AvgIpc) is 2.70. The van der Waals surface area contributed by atoms with Crippen LogP contribution in [-0.4, -0.2) is 11.0 Å². The van der Waals surface area contributed by atoms with Crippen molar-refractivity contribution in [1.29, 1.82) is 0 Å². The molecule has 138 valence electrons. The lowest BCUT2D eigenvalue weighted by Crippen LogP contribution is -2.09. The van der Waals surface area contributed by atoms with Gasteiger partial charge in [0, 0.05) is 11.8 Å². The van der Waals surface area contributed by atoms with Gasteiger partial charge in [0.1, 0.15) is 0 Å². The summed E-state index contributed by atoms with van der Waals surface area (Å²) in [5.74, 6) is -1.16. The maximum absolute atomic E-state index is 14.1. The fourth-order valence-corrected chi connectivity index (χ4v) is 2.81.